The Labute approximate surface area is 77.5 Å². The summed E-state index contributed by atoms with van der Waals surface area (Å²) >= 11 is 1.42. The molecule has 0 amide bonds. The highest BCUT2D eigenvalue weighted by Crippen LogP contribution is 2.17. The van der Waals surface area contributed by atoms with Crippen molar-refractivity contribution < 1.29 is 4.74 Å². The molecule has 3 nitrogen and oxygen atoms in total. The fourth-order valence-corrected chi connectivity index (χ4v) is 1.90. The highest BCUT2D eigenvalue weighted by Gasteiger charge is 2.14. The molecular formula is C8H16N2OS. The Morgan fingerprint density at radius 2 is 2.50 bits per heavy atom. The topological polar surface area (TPSA) is 59.1 Å². The predicted octanol–water partition coefficient (Wildman–Crippen LogP) is 1.57. The van der Waals surface area contributed by atoms with Gasteiger partial charge in [0.1, 0.15) is 0 Å². The van der Waals surface area contributed by atoms with Gasteiger partial charge in [-0.25, -0.2) is 0 Å². The molecule has 1 heterocycles. The lowest BCUT2D eigenvalue weighted by Gasteiger charge is -2.07. The van der Waals surface area contributed by atoms with Crippen molar-refractivity contribution in [1.29, 1.82) is 5.41 Å². The zero-order chi connectivity index (χ0) is 8.81. The summed E-state index contributed by atoms with van der Waals surface area (Å²) in [7, 11) is 0. The van der Waals surface area contributed by atoms with Crippen LogP contribution >= 0.6 is 11.8 Å². The van der Waals surface area contributed by atoms with Gasteiger partial charge >= 0.3 is 0 Å². The minimum Gasteiger partial charge on any atom is -0.379 e. The van der Waals surface area contributed by atoms with Gasteiger partial charge in [0.05, 0.1) is 6.10 Å². The van der Waals surface area contributed by atoms with Crippen molar-refractivity contribution >= 4 is 16.9 Å². The minimum atomic E-state index is 0.224. The van der Waals surface area contributed by atoms with E-state index in [1.165, 1.54) is 24.6 Å². The summed E-state index contributed by atoms with van der Waals surface area (Å²) in [6, 6.07) is 0. The molecule has 0 aromatic heterocycles. The fourth-order valence-electron chi connectivity index (χ4n) is 1.37. The van der Waals surface area contributed by atoms with E-state index in [1.807, 2.05) is 0 Å². The minimum absolute atomic E-state index is 0.224. The van der Waals surface area contributed by atoms with Gasteiger partial charge in [-0.15, -0.1) is 0 Å². The number of hydrogen-bond donors (Lipinski definition) is 2. The number of ether oxygens (including phenoxy) is 1. The zero-order valence-electron chi connectivity index (χ0n) is 7.21. The average Bonchev–Trinajstić information content (AvgIpc) is 2.49. The molecule has 1 atom stereocenters. The van der Waals surface area contributed by atoms with Gasteiger partial charge in [0.15, 0.2) is 5.17 Å². The van der Waals surface area contributed by atoms with Crippen LogP contribution in [0.1, 0.15) is 25.7 Å². The number of hydrogen-bond acceptors (Lipinski definition) is 3. The maximum Gasteiger partial charge on any atom is 0.151 e. The van der Waals surface area contributed by atoms with Crippen molar-refractivity contribution in [3.8, 4) is 0 Å². The predicted molar refractivity (Wildman–Crippen MR) is 52.6 cm³/mol. The Hall–Kier alpha value is -0.220. The molecule has 0 saturated carbocycles. The summed E-state index contributed by atoms with van der Waals surface area (Å²) in [5.74, 6) is 0.954. The first kappa shape index (κ1) is 9.86. The molecule has 1 unspecified atom stereocenters. The third kappa shape index (κ3) is 3.97. The van der Waals surface area contributed by atoms with Gasteiger partial charge in [-0.1, -0.05) is 11.8 Å². The van der Waals surface area contributed by atoms with Gasteiger partial charge in [-0.3, -0.25) is 5.41 Å². The normalized spacial score (nSPS) is 22.8. The molecule has 0 bridgehead atoms. The van der Waals surface area contributed by atoms with E-state index >= 15 is 0 Å². The Balaban J connectivity index is 1.91. The average molecular weight is 188 g/mol. The standard InChI is InChI=1S/C8H16N2OS/c9-8(10)12-6-2-4-7-3-1-5-11-7/h7H,1-6H2,(H3,9,10). The number of nitrogens with one attached hydrogen (secondary N) is 1. The van der Waals surface area contributed by atoms with Crippen molar-refractivity contribution in [2.75, 3.05) is 12.4 Å². The van der Waals surface area contributed by atoms with Crippen LogP contribution in [-0.2, 0) is 4.74 Å². The molecule has 0 aliphatic carbocycles. The number of rotatable bonds is 4. The second-order valence-corrected chi connectivity index (χ2v) is 4.13. The largest absolute Gasteiger partial charge is 0.379 e. The van der Waals surface area contributed by atoms with E-state index in [0.717, 1.165) is 25.2 Å². The van der Waals surface area contributed by atoms with E-state index in [1.54, 1.807) is 0 Å². The smallest absolute Gasteiger partial charge is 0.151 e. The first-order valence-electron chi connectivity index (χ1n) is 4.37. The van der Waals surface area contributed by atoms with Crippen LogP contribution in [0.3, 0.4) is 0 Å². The SMILES string of the molecule is N=C(N)SCCCC1CCCO1. The fraction of sp³-hybridized carbons (Fsp3) is 0.875. The first-order chi connectivity index (χ1) is 5.79. The van der Waals surface area contributed by atoms with Crippen LogP contribution in [0, 0.1) is 5.41 Å². The van der Waals surface area contributed by atoms with E-state index in [9.17, 15) is 0 Å². The second kappa shape index (κ2) is 5.43. The first-order valence-corrected chi connectivity index (χ1v) is 5.36. The van der Waals surface area contributed by atoms with E-state index in [4.69, 9.17) is 15.9 Å². The van der Waals surface area contributed by atoms with Gasteiger partial charge < -0.3 is 10.5 Å². The quantitative estimate of drug-likeness (QED) is 0.400. The molecule has 70 valence electrons. The molecule has 1 fully saturated rings. The summed E-state index contributed by atoms with van der Waals surface area (Å²) < 4.78 is 5.47. The van der Waals surface area contributed by atoms with Crippen LogP contribution in [0.5, 0.6) is 0 Å². The Morgan fingerprint density at radius 1 is 1.67 bits per heavy atom. The molecule has 1 aliphatic rings. The molecule has 1 saturated heterocycles. The van der Waals surface area contributed by atoms with Crippen LogP contribution in [0.25, 0.3) is 0 Å². The zero-order valence-corrected chi connectivity index (χ0v) is 8.03. The number of amidine groups is 1. The maximum absolute atomic E-state index is 6.99. The Kier molecular flexibility index (Phi) is 4.46. The molecule has 12 heavy (non-hydrogen) atoms. The molecule has 0 spiro atoms. The van der Waals surface area contributed by atoms with Crippen molar-refractivity contribution in [3.63, 3.8) is 0 Å². The van der Waals surface area contributed by atoms with Gasteiger partial charge in [0.2, 0.25) is 0 Å². The summed E-state index contributed by atoms with van der Waals surface area (Å²) in [5.41, 5.74) is 5.20. The van der Waals surface area contributed by atoms with Crippen LogP contribution < -0.4 is 5.73 Å². The van der Waals surface area contributed by atoms with Gasteiger partial charge in [-0.2, -0.15) is 0 Å². The molecule has 1 aliphatic heterocycles. The molecular weight excluding hydrogens is 172 g/mol. The molecule has 0 aromatic carbocycles. The lowest BCUT2D eigenvalue weighted by atomic mass is 10.1. The number of nitrogens with two attached hydrogens (primary N) is 1. The molecule has 0 radical (unpaired) electrons. The molecule has 1 rings (SSSR count). The number of thioether (sulfide) groups is 1. The summed E-state index contributed by atoms with van der Waals surface area (Å²) in [5, 5.41) is 7.22. The lowest BCUT2D eigenvalue weighted by Crippen LogP contribution is -2.07. The summed E-state index contributed by atoms with van der Waals surface area (Å²) in [4.78, 5) is 0. The van der Waals surface area contributed by atoms with Crippen LogP contribution in [-0.4, -0.2) is 23.6 Å². The third-order valence-corrected chi connectivity index (χ3v) is 2.76. The lowest BCUT2D eigenvalue weighted by molar-refractivity contribution is 0.104. The van der Waals surface area contributed by atoms with Gasteiger partial charge in [0.25, 0.3) is 0 Å². The summed E-state index contributed by atoms with van der Waals surface area (Å²) in [6.07, 6.45) is 5.14. The monoisotopic (exact) mass is 188 g/mol. The van der Waals surface area contributed by atoms with E-state index in [-0.39, 0.29) is 5.17 Å². The van der Waals surface area contributed by atoms with Crippen molar-refractivity contribution in [1.82, 2.24) is 0 Å². The molecule has 4 heteroatoms. The summed E-state index contributed by atoms with van der Waals surface area (Å²) in [6.45, 7) is 0.935. The highest BCUT2D eigenvalue weighted by molar-refractivity contribution is 8.13. The Bertz CT molecular complexity index is 146. The molecule has 0 aromatic rings. The van der Waals surface area contributed by atoms with Crippen LogP contribution in [0.15, 0.2) is 0 Å². The van der Waals surface area contributed by atoms with Gasteiger partial charge in [0, 0.05) is 12.4 Å². The van der Waals surface area contributed by atoms with Gasteiger partial charge in [-0.05, 0) is 25.7 Å². The van der Waals surface area contributed by atoms with Crippen molar-refractivity contribution in [3.05, 3.63) is 0 Å². The van der Waals surface area contributed by atoms with E-state index in [2.05, 4.69) is 0 Å². The highest BCUT2D eigenvalue weighted by atomic mass is 32.2. The Morgan fingerprint density at radius 3 is 3.08 bits per heavy atom. The maximum atomic E-state index is 6.99. The third-order valence-electron chi connectivity index (χ3n) is 1.95. The van der Waals surface area contributed by atoms with E-state index in [0.29, 0.717) is 6.10 Å². The van der Waals surface area contributed by atoms with E-state index < -0.39 is 0 Å². The molecule has 3 N–H and O–H groups in total. The van der Waals surface area contributed by atoms with Crippen molar-refractivity contribution in [2.45, 2.75) is 31.8 Å². The van der Waals surface area contributed by atoms with Crippen molar-refractivity contribution in [2.24, 2.45) is 5.73 Å². The van der Waals surface area contributed by atoms with Crippen LogP contribution in [0.2, 0.25) is 0 Å². The second-order valence-electron chi connectivity index (χ2n) is 2.99. The van der Waals surface area contributed by atoms with Crippen LogP contribution in [0.4, 0.5) is 0 Å².